The Morgan fingerprint density at radius 1 is 1.57 bits per heavy atom. The smallest absolute Gasteiger partial charge is 0.282 e. The zero-order valence-corrected chi connectivity index (χ0v) is 13.5. The topological polar surface area (TPSA) is 83.9 Å². The molecule has 23 heavy (non-hydrogen) atoms. The molecule has 2 atom stereocenters. The van der Waals surface area contributed by atoms with Crippen molar-refractivity contribution in [1.29, 1.82) is 0 Å². The molecule has 4 rings (SSSR count). The van der Waals surface area contributed by atoms with Gasteiger partial charge in [-0.3, -0.25) is 14.6 Å². The first kappa shape index (κ1) is 14.8. The first-order valence-corrected chi connectivity index (χ1v) is 8.71. The second kappa shape index (κ2) is 5.68. The Balaban J connectivity index is 1.38. The van der Waals surface area contributed by atoms with Crippen molar-refractivity contribution in [2.75, 3.05) is 26.3 Å². The predicted octanol–water partition coefficient (Wildman–Crippen LogP) is 0.683. The summed E-state index contributed by atoms with van der Waals surface area (Å²) < 4.78 is 5.33. The highest BCUT2D eigenvalue weighted by Gasteiger charge is 2.47. The fourth-order valence-electron chi connectivity index (χ4n) is 3.42. The molecule has 0 saturated carbocycles. The third kappa shape index (κ3) is 2.66. The minimum absolute atomic E-state index is 0.000518. The lowest BCUT2D eigenvalue weighted by molar-refractivity contribution is -0.123. The molecular formula is C15H18N4O3S. The van der Waals surface area contributed by atoms with E-state index in [1.165, 1.54) is 11.3 Å². The summed E-state index contributed by atoms with van der Waals surface area (Å²) in [6.07, 6.45) is 3.93. The second-order valence-corrected chi connectivity index (χ2v) is 7.19. The number of amidine groups is 1. The zero-order chi connectivity index (χ0) is 15.9. The number of rotatable bonds is 3. The van der Waals surface area contributed by atoms with Gasteiger partial charge in [0.1, 0.15) is 5.84 Å². The average molecular weight is 334 g/mol. The molecule has 0 aliphatic carbocycles. The standard InChI is InChI=1S/C15H18N4O3S/c20-13(12-16-3-6-23-12)19-4-1-10(8-19)7-11-17-14(21)15(18-11)2-5-22-9-15/h3,6,10H,1-2,4-5,7-9H2,(H,17,18,21). The SMILES string of the molecule is O=C(c1nccs1)N1CCC(CC2=NC3(CCOC3)C(=O)N2)C1. The first-order chi connectivity index (χ1) is 11.2. The van der Waals surface area contributed by atoms with Crippen LogP contribution in [0.1, 0.15) is 29.1 Å². The molecule has 3 aliphatic rings. The van der Waals surface area contributed by atoms with E-state index in [0.717, 1.165) is 18.8 Å². The van der Waals surface area contributed by atoms with E-state index in [9.17, 15) is 9.59 Å². The van der Waals surface area contributed by atoms with Crippen molar-refractivity contribution in [3.05, 3.63) is 16.6 Å². The van der Waals surface area contributed by atoms with Crippen LogP contribution in [0.3, 0.4) is 0 Å². The molecule has 4 heterocycles. The van der Waals surface area contributed by atoms with Crippen molar-refractivity contribution in [3.63, 3.8) is 0 Å². The molecule has 0 aromatic carbocycles. The minimum atomic E-state index is -0.690. The van der Waals surface area contributed by atoms with E-state index in [1.807, 2.05) is 10.3 Å². The monoisotopic (exact) mass is 334 g/mol. The van der Waals surface area contributed by atoms with Gasteiger partial charge in [-0.15, -0.1) is 11.3 Å². The fraction of sp³-hybridized carbons (Fsp3) is 0.600. The van der Waals surface area contributed by atoms with Crippen LogP contribution in [-0.4, -0.2) is 59.4 Å². The van der Waals surface area contributed by atoms with Gasteiger partial charge in [-0.25, -0.2) is 4.98 Å². The maximum atomic E-state index is 12.3. The Labute approximate surface area is 137 Å². The van der Waals surface area contributed by atoms with Crippen LogP contribution in [0.5, 0.6) is 0 Å². The van der Waals surface area contributed by atoms with E-state index in [1.54, 1.807) is 6.20 Å². The van der Waals surface area contributed by atoms with Crippen LogP contribution in [0.2, 0.25) is 0 Å². The Morgan fingerprint density at radius 3 is 3.22 bits per heavy atom. The van der Waals surface area contributed by atoms with Crippen LogP contribution in [0, 0.1) is 5.92 Å². The predicted molar refractivity (Wildman–Crippen MR) is 84.5 cm³/mol. The van der Waals surface area contributed by atoms with Crippen LogP contribution >= 0.6 is 11.3 Å². The highest BCUT2D eigenvalue weighted by molar-refractivity contribution is 7.11. The van der Waals surface area contributed by atoms with Gasteiger partial charge in [-0.05, 0) is 12.3 Å². The number of carbonyl (C=O) groups excluding carboxylic acids is 2. The van der Waals surface area contributed by atoms with Crippen molar-refractivity contribution in [1.82, 2.24) is 15.2 Å². The molecule has 0 radical (unpaired) electrons. The number of nitrogens with zero attached hydrogens (tertiary/aromatic N) is 3. The maximum absolute atomic E-state index is 12.3. The Morgan fingerprint density at radius 2 is 2.48 bits per heavy atom. The number of hydrogen-bond acceptors (Lipinski definition) is 6. The molecule has 1 aromatic rings. The molecule has 8 heteroatoms. The van der Waals surface area contributed by atoms with Crippen LogP contribution in [-0.2, 0) is 9.53 Å². The van der Waals surface area contributed by atoms with E-state index in [-0.39, 0.29) is 11.8 Å². The van der Waals surface area contributed by atoms with Gasteiger partial charge in [-0.1, -0.05) is 0 Å². The molecular weight excluding hydrogens is 316 g/mol. The molecule has 1 spiro atoms. The van der Waals surface area contributed by atoms with Gasteiger partial charge in [0, 0.05) is 44.1 Å². The molecule has 0 bridgehead atoms. The van der Waals surface area contributed by atoms with E-state index in [4.69, 9.17) is 4.74 Å². The van der Waals surface area contributed by atoms with Gasteiger partial charge in [0.2, 0.25) is 0 Å². The Kier molecular flexibility index (Phi) is 3.65. The summed E-state index contributed by atoms with van der Waals surface area (Å²) in [6, 6.07) is 0. The van der Waals surface area contributed by atoms with Crippen molar-refractivity contribution < 1.29 is 14.3 Å². The molecule has 2 saturated heterocycles. The normalized spacial score (nSPS) is 30.1. The van der Waals surface area contributed by atoms with Gasteiger partial charge in [0.25, 0.3) is 11.8 Å². The number of nitrogens with one attached hydrogen (secondary N) is 1. The largest absolute Gasteiger partial charge is 0.378 e. The van der Waals surface area contributed by atoms with Crippen LogP contribution < -0.4 is 5.32 Å². The second-order valence-electron chi connectivity index (χ2n) is 6.29. The number of amides is 2. The summed E-state index contributed by atoms with van der Waals surface area (Å²) in [6.45, 7) is 2.39. The van der Waals surface area contributed by atoms with Gasteiger partial charge in [0.05, 0.1) is 6.61 Å². The quantitative estimate of drug-likeness (QED) is 0.881. The number of ether oxygens (including phenoxy) is 1. The molecule has 3 aliphatic heterocycles. The van der Waals surface area contributed by atoms with E-state index in [0.29, 0.717) is 43.5 Å². The first-order valence-electron chi connectivity index (χ1n) is 7.83. The van der Waals surface area contributed by atoms with Gasteiger partial charge >= 0.3 is 0 Å². The summed E-state index contributed by atoms with van der Waals surface area (Å²) >= 11 is 1.37. The zero-order valence-electron chi connectivity index (χ0n) is 12.7. The van der Waals surface area contributed by atoms with Crippen molar-refractivity contribution in [2.24, 2.45) is 10.9 Å². The summed E-state index contributed by atoms with van der Waals surface area (Å²) in [5.41, 5.74) is -0.690. The van der Waals surface area contributed by atoms with Crippen molar-refractivity contribution in [2.45, 2.75) is 24.8 Å². The van der Waals surface area contributed by atoms with Crippen molar-refractivity contribution >= 4 is 29.0 Å². The number of carbonyl (C=O) groups is 2. The molecule has 1 aromatic heterocycles. The van der Waals surface area contributed by atoms with E-state index >= 15 is 0 Å². The lowest BCUT2D eigenvalue weighted by Crippen LogP contribution is -2.40. The van der Waals surface area contributed by atoms with E-state index < -0.39 is 5.54 Å². The maximum Gasteiger partial charge on any atom is 0.282 e. The number of aromatic nitrogens is 1. The highest BCUT2D eigenvalue weighted by atomic mass is 32.1. The fourth-order valence-corrected chi connectivity index (χ4v) is 4.03. The average Bonchev–Trinajstić information content (AvgIpc) is 3.31. The molecule has 2 fully saturated rings. The number of hydrogen-bond donors (Lipinski definition) is 1. The van der Waals surface area contributed by atoms with Crippen molar-refractivity contribution in [3.8, 4) is 0 Å². The van der Waals surface area contributed by atoms with E-state index in [2.05, 4.69) is 15.3 Å². The van der Waals surface area contributed by atoms with Crippen LogP contribution in [0.15, 0.2) is 16.6 Å². The van der Waals surface area contributed by atoms with Crippen LogP contribution in [0.25, 0.3) is 0 Å². The van der Waals surface area contributed by atoms with Crippen LogP contribution in [0.4, 0.5) is 0 Å². The number of likely N-dealkylation sites (tertiary alicyclic amines) is 1. The lowest BCUT2D eigenvalue weighted by atomic mass is 10.0. The lowest BCUT2D eigenvalue weighted by Gasteiger charge is -2.14. The molecule has 122 valence electrons. The summed E-state index contributed by atoms with van der Waals surface area (Å²) in [4.78, 5) is 35.0. The minimum Gasteiger partial charge on any atom is -0.378 e. The Bertz CT molecular complexity index is 652. The number of aliphatic imine (C=N–C) groups is 1. The number of thiazole rings is 1. The van der Waals surface area contributed by atoms with Gasteiger partial charge in [-0.2, -0.15) is 0 Å². The third-order valence-electron chi connectivity index (χ3n) is 4.70. The van der Waals surface area contributed by atoms with Gasteiger partial charge in [0.15, 0.2) is 10.5 Å². The molecule has 2 amide bonds. The molecule has 2 unspecified atom stereocenters. The third-order valence-corrected chi connectivity index (χ3v) is 5.46. The summed E-state index contributed by atoms with van der Waals surface area (Å²) in [5, 5.41) is 5.26. The summed E-state index contributed by atoms with van der Waals surface area (Å²) in [7, 11) is 0. The Hall–Kier alpha value is -1.80. The molecule has 1 N–H and O–H groups in total. The highest BCUT2D eigenvalue weighted by Crippen LogP contribution is 2.29. The summed E-state index contributed by atoms with van der Waals surface area (Å²) in [5.74, 6) is 1.03. The van der Waals surface area contributed by atoms with Gasteiger partial charge < -0.3 is 15.0 Å². The molecule has 7 nitrogen and oxygen atoms in total.